The molecule has 0 amide bonds. The maximum atomic E-state index is 13.2. The number of hydrogen-bond donors (Lipinski definition) is 2. The first-order valence-corrected chi connectivity index (χ1v) is 12.1. The third-order valence-corrected chi connectivity index (χ3v) is 8.14. The summed E-state index contributed by atoms with van der Waals surface area (Å²) in [6.07, 6.45) is 8.21. The Kier molecular flexibility index (Phi) is 7.76. The highest BCUT2D eigenvalue weighted by atomic mass is 35.5. The third kappa shape index (κ3) is 4.91. The van der Waals surface area contributed by atoms with Gasteiger partial charge in [-0.2, -0.15) is 9.40 Å². The minimum atomic E-state index is -3.72. The van der Waals surface area contributed by atoms with Gasteiger partial charge in [-0.3, -0.25) is 4.68 Å². The van der Waals surface area contributed by atoms with E-state index in [0.717, 1.165) is 37.1 Å². The molecule has 10 heteroatoms. The van der Waals surface area contributed by atoms with E-state index in [9.17, 15) is 18.3 Å². The standard InChI is InChI=1S/C22H28N4O4S.ClH/c1-2-19-13-17(22(27)28)9-12-26(19)31(29,30)21-5-3-16(4-6-21)18-14-24-25(15-18)20-7-10-23-11-8-20;/h3-6,9,14-15,19-20,23H,2,7-8,10-13H2,1H3,(H,27,28);1H. The molecule has 1 fully saturated rings. The second-order valence-electron chi connectivity index (χ2n) is 8.09. The number of hydrogen-bond acceptors (Lipinski definition) is 5. The van der Waals surface area contributed by atoms with E-state index in [4.69, 9.17) is 0 Å². The molecular formula is C22H29ClN4O4S. The van der Waals surface area contributed by atoms with Crippen LogP contribution in [0.5, 0.6) is 0 Å². The fourth-order valence-corrected chi connectivity index (χ4v) is 5.96. The molecule has 0 saturated carbocycles. The van der Waals surface area contributed by atoms with Crippen molar-refractivity contribution in [2.24, 2.45) is 0 Å². The number of nitrogens with zero attached hydrogens (tertiary/aromatic N) is 3. The number of aromatic nitrogens is 2. The highest BCUT2D eigenvalue weighted by Crippen LogP contribution is 2.29. The Morgan fingerprint density at radius 3 is 2.50 bits per heavy atom. The number of rotatable bonds is 6. The summed E-state index contributed by atoms with van der Waals surface area (Å²) in [6, 6.07) is 6.89. The normalized spacial score (nSPS) is 20.4. The largest absolute Gasteiger partial charge is 0.478 e. The predicted molar refractivity (Wildman–Crippen MR) is 124 cm³/mol. The van der Waals surface area contributed by atoms with Gasteiger partial charge in [-0.05, 0) is 56.5 Å². The number of aliphatic carboxylic acids is 1. The van der Waals surface area contributed by atoms with Gasteiger partial charge < -0.3 is 10.4 Å². The van der Waals surface area contributed by atoms with Crippen LogP contribution in [0.3, 0.4) is 0 Å². The Balaban J connectivity index is 0.00000289. The lowest BCUT2D eigenvalue weighted by molar-refractivity contribution is -0.133. The zero-order chi connectivity index (χ0) is 22.0. The third-order valence-electron chi connectivity index (χ3n) is 6.20. The van der Waals surface area contributed by atoms with E-state index in [0.29, 0.717) is 12.5 Å². The van der Waals surface area contributed by atoms with E-state index < -0.39 is 16.0 Å². The van der Waals surface area contributed by atoms with Gasteiger partial charge in [0, 0.05) is 29.9 Å². The number of benzene rings is 1. The van der Waals surface area contributed by atoms with Crippen molar-refractivity contribution in [3.63, 3.8) is 0 Å². The van der Waals surface area contributed by atoms with E-state index in [1.807, 2.05) is 24.0 Å². The molecular weight excluding hydrogens is 452 g/mol. The monoisotopic (exact) mass is 480 g/mol. The molecule has 8 nitrogen and oxygen atoms in total. The van der Waals surface area contributed by atoms with Crippen molar-refractivity contribution in [2.75, 3.05) is 19.6 Å². The van der Waals surface area contributed by atoms with Crippen LogP contribution in [0.25, 0.3) is 11.1 Å². The Morgan fingerprint density at radius 2 is 1.88 bits per heavy atom. The van der Waals surface area contributed by atoms with E-state index in [1.165, 1.54) is 10.4 Å². The Labute approximate surface area is 194 Å². The highest BCUT2D eigenvalue weighted by molar-refractivity contribution is 7.89. The van der Waals surface area contributed by atoms with Crippen molar-refractivity contribution < 1.29 is 18.3 Å². The average Bonchev–Trinajstić information content (AvgIpc) is 3.29. The summed E-state index contributed by atoms with van der Waals surface area (Å²) in [5.41, 5.74) is 2.15. The van der Waals surface area contributed by atoms with Gasteiger partial charge in [0.05, 0.1) is 17.1 Å². The van der Waals surface area contributed by atoms with Crippen LogP contribution in [0.4, 0.5) is 0 Å². The maximum absolute atomic E-state index is 13.2. The fourth-order valence-electron chi connectivity index (χ4n) is 4.32. The molecule has 0 aliphatic carbocycles. The van der Waals surface area contributed by atoms with Crippen LogP contribution in [0.15, 0.2) is 53.2 Å². The fraction of sp³-hybridized carbons (Fsp3) is 0.455. The minimum Gasteiger partial charge on any atom is -0.478 e. The maximum Gasteiger partial charge on any atom is 0.331 e. The number of carbonyl (C=O) groups is 1. The first-order chi connectivity index (χ1) is 14.9. The molecule has 2 aliphatic rings. The molecule has 32 heavy (non-hydrogen) atoms. The van der Waals surface area contributed by atoms with Gasteiger partial charge in [0.15, 0.2) is 0 Å². The van der Waals surface area contributed by atoms with Gasteiger partial charge in [-0.15, -0.1) is 12.4 Å². The molecule has 2 N–H and O–H groups in total. The molecule has 174 valence electrons. The molecule has 1 unspecified atom stereocenters. The summed E-state index contributed by atoms with van der Waals surface area (Å²) in [6.45, 7) is 3.93. The van der Waals surface area contributed by atoms with Crippen LogP contribution in [0, 0.1) is 0 Å². The quantitative estimate of drug-likeness (QED) is 0.658. The Morgan fingerprint density at radius 1 is 1.19 bits per heavy atom. The molecule has 3 heterocycles. The zero-order valence-electron chi connectivity index (χ0n) is 18.0. The van der Waals surface area contributed by atoms with Crippen molar-refractivity contribution in [2.45, 2.75) is 49.6 Å². The van der Waals surface area contributed by atoms with E-state index in [-0.39, 0.29) is 41.9 Å². The zero-order valence-corrected chi connectivity index (χ0v) is 19.6. The van der Waals surface area contributed by atoms with Crippen LogP contribution >= 0.6 is 12.4 Å². The minimum absolute atomic E-state index is 0. The second kappa shape index (κ2) is 10.2. The number of carboxylic acid groups (broad SMARTS) is 1. The second-order valence-corrected chi connectivity index (χ2v) is 9.98. The van der Waals surface area contributed by atoms with Gasteiger partial charge in [0.1, 0.15) is 0 Å². The Hall–Kier alpha value is -2.20. The summed E-state index contributed by atoms with van der Waals surface area (Å²) in [7, 11) is -3.72. The molecule has 2 aliphatic heterocycles. The molecule has 2 aromatic rings. The topological polar surface area (TPSA) is 105 Å². The Bertz CT molecular complexity index is 1080. The summed E-state index contributed by atoms with van der Waals surface area (Å²) >= 11 is 0. The summed E-state index contributed by atoms with van der Waals surface area (Å²) < 4.78 is 29.8. The van der Waals surface area contributed by atoms with E-state index in [2.05, 4.69) is 10.4 Å². The molecule has 1 saturated heterocycles. The summed E-state index contributed by atoms with van der Waals surface area (Å²) in [5, 5.41) is 17.1. The molecule has 0 bridgehead atoms. The lowest BCUT2D eigenvalue weighted by atomic mass is 10.0. The molecule has 1 aromatic carbocycles. The summed E-state index contributed by atoms with van der Waals surface area (Å²) in [5.74, 6) is -0.982. The van der Waals surface area contributed by atoms with E-state index >= 15 is 0 Å². The number of nitrogens with one attached hydrogen (secondary N) is 1. The van der Waals surface area contributed by atoms with Crippen LogP contribution in [-0.2, 0) is 14.8 Å². The van der Waals surface area contributed by atoms with Crippen molar-refractivity contribution in [1.82, 2.24) is 19.4 Å². The molecule has 4 rings (SSSR count). The molecule has 0 radical (unpaired) electrons. The van der Waals surface area contributed by atoms with Gasteiger partial charge in [-0.1, -0.05) is 25.1 Å². The van der Waals surface area contributed by atoms with Crippen molar-refractivity contribution in [3.8, 4) is 11.1 Å². The van der Waals surface area contributed by atoms with Gasteiger partial charge in [0.25, 0.3) is 0 Å². The predicted octanol–water partition coefficient (Wildman–Crippen LogP) is 3.08. The van der Waals surface area contributed by atoms with Crippen molar-refractivity contribution in [1.29, 1.82) is 0 Å². The van der Waals surface area contributed by atoms with Crippen LogP contribution < -0.4 is 5.32 Å². The number of piperidine rings is 1. The highest BCUT2D eigenvalue weighted by Gasteiger charge is 2.34. The number of halogens is 1. The van der Waals surface area contributed by atoms with Gasteiger partial charge >= 0.3 is 5.97 Å². The van der Waals surface area contributed by atoms with Gasteiger partial charge in [0.2, 0.25) is 10.0 Å². The lowest BCUT2D eigenvalue weighted by Crippen LogP contribution is -2.43. The van der Waals surface area contributed by atoms with E-state index in [1.54, 1.807) is 24.3 Å². The molecule has 1 atom stereocenters. The summed E-state index contributed by atoms with van der Waals surface area (Å²) in [4.78, 5) is 11.5. The number of carboxylic acids is 1. The smallest absolute Gasteiger partial charge is 0.331 e. The van der Waals surface area contributed by atoms with Crippen molar-refractivity contribution in [3.05, 3.63) is 48.3 Å². The first-order valence-electron chi connectivity index (χ1n) is 10.7. The number of sulfonamides is 1. The van der Waals surface area contributed by atoms with Gasteiger partial charge in [-0.25, -0.2) is 13.2 Å². The lowest BCUT2D eigenvalue weighted by Gasteiger charge is -2.32. The molecule has 1 aromatic heterocycles. The molecule has 0 spiro atoms. The SMILES string of the molecule is CCC1CC(C(=O)O)=CCN1S(=O)(=O)c1ccc(-c2cnn(C3CCNCC3)c2)cc1.Cl. The van der Waals surface area contributed by atoms with Crippen LogP contribution in [-0.4, -0.2) is 59.3 Å². The van der Waals surface area contributed by atoms with Crippen LogP contribution in [0.1, 0.15) is 38.6 Å². The van der Waals surface area contributed by atoms with Crippen LogP contribution in [0.2, 0.25) is 0 Å². The van der Waals surface area contributed by atoms with Crippen molar-refractivity contribution >= 4 is 28.4 Å². The first kappa shape index (κ1) is 24.4. The average molecular weight is 481 g/mol.